The first kappa shape index (κ1) is 20.4. The Balaban J connectivity index is 1.63. The molecule has 1 fully saturated rings. The van der Waals surface area contributed by atoms with Crippen LogP contribution in [0.15, 0.2) is 6.33 Å². The molecule has 0 aromatic carbocycles. The number of hydrogen-bond donors (Lipinski definition) is 1. The number of esters is 2. The van der Waals surface area contributed by atoms with Gasteiger partial charge in [-0.1, -0.05) is 0 Å². The van der Waals surface area contributed by atoms with E-state index < -0.39 is 11.9 Å². The average Bonchev–Trinajstić information content (AvgIpc) is 3.13. The summed E-state index contributed by atoms with van der Waals surface area (Å²) in [6, 6.07) is 0. The van der Waals surface area contributed by atoms with Crippen LogP contribution in [0, 0.1) is 11.8 Å². The lowest BCUT2D eigenvalue weighted by atomic mass is 9.83. The fourth-order valence-electron chi connectivity index (χ4n) is 2.98. The van der Waals surface area contributed by atoms with Crippen molar-refractivity contribution < 1.29 is 28.5 Å². The maximum atomic E-state index is 12.0. The minimum absolute atomic E-state index is 0.0283. The minimum atomic E-state index is -0.721. The van der Waals surface area contributed by atoms with Gasteiger partial charge >= 0.3 is 11.9 Å². The molecule has 0 aliphatic heterocycles. The molecule has 1 saturated carbocycles. The Labute approximate surface area is 153 Å². The van der Waals surface area contributed by atoms with Gasteiger partial charge in [0.2, 0.25) is 0 Å². The van der Waals surface area contributed by atoms with E-state index in [1.54, 1.807) is 0 Å². The van der Waals surface area contributed by atoms with Crippen molar-refractivity contribution in [2.45, 2.75) is 45.6 Å². The second kappa shape index (κ2) is 10.3. The zero-order valence-electron chi connectivity index (χ0n) is 15.7. The molecular formula is C18H28N2O6. The summed E-state index contributed by atoms with van der Waals surface area (Å²) in [6.07, 6.45) is 5.97. The molecule has 0 amide bonds. The molecule has 8 heteroatoms. The first-order chi connectivity index (χ1) is 12.5. The molecule has 1 aliphatic rings. The molecule has 0 bridgehead atoms. The highest BCUT2D eigenvalue weighted by Gasteiger charge is 2.23. The van der Waals surface area contributed by atoms with Gasteiger partial charge in [0.15, 0.2) is 18.2 Å². The van der Waals surface area contributed by atoms with Crippen LogP contribution in [0.2, 0.25) is 0 Å². The molecule has 0 spiro atoms. The molecule has 2 rings (SSSR count). The van der Waals surface area contributed by atoms with Gasteiger partial charge in [0.05, 0.1) is 26.1 Å². The third kappa shape index (κ3) is 6.10. The van der Waals surface area contributed by atoms with Gasteiger partial charge < -0.3 is 23.9 Å². The van der Waals surface area contributed by atoms with E-state index in [-0.39, 0.29) is 24.3 Å². The van der Waals surface area contributed by atoms with Crippen LogP contribution in [0.4, 0.5) is 0 Å². The van der Waals surface area contributed by atoms with E-state index >= 15 is 0 Å². The number of carbonyl (C=O) groups is 2. The average molecular weight is 368 g/mol. The Morgan fingerprint density at radius 2 is 1.81 bits per heavy atom. The maximum absolute atomic E-state index is 12.0. The zero-order valence-corrected chi connectivity index (χ0v) is 15.7. The zero-order chi connectivity index (χ0) is 18.9. The maximum Gasteiger partial charge on any atom is 0.361 e. The molecule has 1 aliphatic carbocycles. The van der Waals surface area contributed by atoms with E-state index in [2.05, 4.69) is 28.6 Å². The quantitative estimate of drug-likeness (QED) is 0.406. The van der Waals surface area contributed by atoms with Gasteiger partial charge in [-0.3, -0.25) is 0 Å². The van der Waals surface area contributed by atoms with Crippen molar-refractivity contribution >= 4 is 11.9 Å². The smallest absolute Gasteiger partial charge is 0.361 e. The number of nitrogens with one attached hydrogen (secondary N) is 1. The third-order valence-corrected chi connectivity index (χ3v) is 4.48. The normalized spacial score (nSPS) is 20.2. The van der Waals surface area contributed by atoms with Crippen LogP contribution in [0.3, 0.4) is 0 Å². The molecule has 26 heavy (non-hydrogen) atoms. The van der Waals surface area contributed by atoms with Gasteiger partial charge in [0, 0.05) is 6.61 Å². The van der Waals surface area contributed by atoms with Crippen molar-refractivity contribution in [3.63, 3.8) is 0 Å². The number of methoxy groups -OCH3 is 1. The molecule has 8 nitrogen and oxygen atoms in total. The number of nitrogens with zero attached hydrogens (tertiary/aromatic N) is 1. The summed E-state index contributed by atoms with van der Waals surface area (Å²) in [5.74, 6) is -0.294. The number of imidazole rings is 1. The second-order valence-corrected chi connectivity index (χ2v) is 6.81. The summed E-state index contributed by atoms with van der Waals surface area (Å²) in [4.78, 5) is 29.8. The van der Waals surface area contributed by atoms with Crippen molar-refractivity contribution in [3.8, 4) is 0 Å². The number of carbonyl (C=O) groups excluding carboxylic acids is 2. The standard InChI is InChI=1S/C18H28N2O6/c1-12(2)25-9-14-6-4-13(5-7-14)8-24-11-26-18(22)16-15(17(21)23-3)19-10-20-16/h10,12-14H,4-9,11H2,1-3H3,(H,19,20). The van der Waals surface area contributed by atoms with Crippen LogP contribution >= 0.6 is 0 Å². The monoisotopic (exact) mass is 368 g/mol. The van der Waals surface area contributed by atoms with Gasteiger partial charge in [-0.15, -0.1) is 0 Å². The molecule has 0 atom stereocenters. The molecular weight excluding hydrogens is 340 g/mol. The third-order valence-electron chi connectivity index (χ3n) is 4.48. The van der Waals surface area contributed by atoms with Crippen LogP contribution < -0.4 is 0 Å². The lowest BCUT2D eigenvalue weighted by Crippen LogP contribution is -2.23. The van der Waals surface area contributed by atoms with Crippen LogP contribution in [-0.2, 0) is 18.9 Å². The van der Waals surface area contributed by atoms with Crippen LogP contribution in [0.1, 0.15) is 60.5 Å². The summed E-state index contributed by atoms with van der Waals surface area (Å²) in [7, 11) is 1.23. The number of hydrogen-bond acceptors (Lipinski definition) is 7. The molecule has 1 N–H and O–H groups in total. The van der Waals surface area contributed by atoms with Gasteiger partial charge in [-0.05, 0) is 51.4 Å². The first-order valence-corrected chi connectivity index (χ1v) is 8.99. The van der Waals surface area contributed by atoms with Gasteiger partial charge in [0.25, 0.3) is 0 Å². The first-order valence-electron chi connectivity index (χ1n) is 8.99. The molecule has 1 aromatic rings. The number of rotatable bonds is 9. The highest BCUT2D eigenvalue weighted by molar-refractivity contribution is 6.00. The molecule has 146 valence electrons. The Morgan fingerprint density at radius 1 is 1.15 bits per heavy atom. The Bertz CT molecular complexity index is 578. The van der Waals surface area contributed by atoms with E-state index in [0.717, 1.165) is 32.3 Å². The minimum Gasteiger partial charge on any atom is -0.464 e. The Hall–Kier alpha value is -1.93. The van der Waals surface area contributed by atoms with Crippen molar-refractivity contribution in [1.82, 2.24) is 9.97 Å². The summed E-state index contributed by atoms with van der Waals surface area (Å²) >= 11 is 0. The van der Waals surface area contributed by atoms with Crippen molar-refractivity contribution in [2.24, 2.45) is 11.8 Å². The van der Waals surface area contributed by atoms with E-state index in [1.807, 2.05) is 0 Å². The lowest BCUT2D eigenvalue weighted by molar-refractivity contribution is -0.0484. The van der Waals surface area contributed by atoms with Crippen LogP contribution in [-0.4, -0.2) is 55.1 Å². The molecule has 0 unspecified atom stereocenters. The van der Waals surface area contributed by atoms with E-state index in [1.165, 1.54) is 13.4 Å². The van der Waals surface area contributed by atoms with Crippen molar-refractivity contribution in [1.29, 1.82) is 0 Å². The number of H-pyrrole nitrogens is 1. The molecule has 0 radical (unpaired) electrons. The van der Waals surface area contributed by atoms with Crippen molar-refractivity contribution in [2.75, 3.05) is 27.1 Å². The molecule has 0 saturated heterocycles. The summed E-state index contributed by atoms with van der Waals surface area (Å²) in [5.41, 5.74) is -0.134. The number of aromatic amines is 1. The fourth-order valence-corrected chi connectivity index (χ4v) is 2.98. The number of aromatic nitrogens is 2. The van der Waals surface area contributed by atoms with E-state index in [0.29, 0.717) is 18.4 Å². The Morgan fingerprint density at radius 3 is 2.42 bits per heavy atom. The summed E-state index contributed by atoms with van der Waals surface area (Å²) in [6.45, 7) is 5.32. The van der Waals surface area contributed by atoms with E-state index in [4.69, 9.17) is 14.2 Å². The topological polar surface area (TPSA) is 99.7 Å². The summed E-state index contributed by atoms with van der Waals surface area (Å²) in [5, 5.41) is 0. The van der Waals surface area contributed by atoms with Crippen LogP contribution in [0.25, 0.3) is 0 Å². The van der Waals surface area contributed by atoms with Crippen molar-refractivity contribution in [3.05, 3.63) is 17.7 Å². The van der Waals surface area contributed by atoms with E-state index in [9.17, 15) is 9.59 Å². The Kier molecular flexibility index (Phi) is 8.06. The highest BCUT2D eigenvalue weighted by Crippen LogP contribution is 2.29. The largest absolute Gasteiger partial charge is 0.464 e. The number of ether oxygens (including phenoxy) is 4. The fraction of sp³-hybridized carbons (Fsp3) is 0.722. The van der Waals surface area contributed by atoms with Gasteiger partial charge in [-0.2, -0.15) is 0 Å². The second-order valence-electron chi connectivity index (χ2n) is 6.81. The predicted octanol–water partition coefficient (Wildman–Crippen LogP) is 2.56. The predicted molar refractivity (Wildman–Crippen MR) is 92.7 cm³/mol. The molecule has 1 aromatic heterocycles. The van der Waals surface area contributed by atoms with Gasteiger partial charge in [-0.25, -0.2) is 14.6 Å². The van der Waals surface area contributed by atoms with Gasteiger partial charge in [0.1, 0.15) is 0 Å². The SMILES string of the molecule is COC(=O)c1[nH]cnc1C(=O)OCOCC1CCC(COC(C)C)CC1. The summed E-state index contributed by atoms with van der Waals surface area (Å²) < 4.78 is 20.8. The molecule has 1 heterocycles. The lowest BCUT2D eigenvalue weighted by Gasteiger charge is -2.28. The van der Waals surface area contributed by atoms with Crippen LogP contribution in [0.5, 0.6) is 0 Å². The highest BCUT2D eigenvalue weighted by atomic mass is 16.7.